The van der Waals surface area contributed by atoms with Crippen molar-refractivity contribution in [2.45, 2.75) is 17.9 Å². The molecule has 2 aromatic rings. The minimum absolute atomic E-state index is 0.249. The molecule has 0 aliphatic rings. The molecule has 0 saturated heterocycles. The number of amides is 1. The van der Waals surface area contributed by atoms with E-state index in [1.165, 1.54) is 6.92 Å². The van der Waals surface area contributed by atoms with Crippen molar-refractivity contribution in [3.8, 4) is 5.75 Å². The molecule has 11 heteroatoms. The number of primary sulfonamides is 1. The number of nitro groups is 1. The minimum Gasteiger partial charge on any atom is -0.474 e. The van der Waals surface area contributed by atoms with Crippen LogP contribution in [0.15, 0.2) is 51.8 Å². The van der Waals surface area contributed by atoms with Crippen LogP contribution in [-0.2, 0) is 14.8 Å². The van der Waals surface area contributed by atoms with Crippen molar-refractivity contribution < 1.29 is 22.9 Å². The number of nitrogens with two attached hydrogens (primary N) is 1. The predicted molar refractivity (Wildman–Crippen MR) is 97.3 cm³/mol. The summed E-state index contributed by atoms with van der Waals surface area (Å²) < 4.78 is 28.8. The van der Waals surface area contributed by atoms with Crippen LogP contribution in [0.4, 0.5) is 11.4 Å². The monoisotopic (exact) mass is 443 g/mol. The van der Waals surface area contributed by atoms with Crippen LogP contribution in [-0.4, -0.2) is 25.4 Å². The molecule has 1 atom stereocenters. The first-order valence-corrected chi connectivity index (χ1v) is 9.46. The van der Waals surface area contributed by atoms with Gasteiger partial charge in [0.1, 0.15) is 0 Å². The van der Waals surface area contributed by atoms with E-state index in [4.69, 9.17) is 9.88 Å². The van der Waals surface area contributed by atoms with Gasteiger partial charge in [0.2, 0.25) is 10.0 Å². The molecule has 2 aromatic carbocycles. The maximum Gasteiger partial charge on any atom is 0.312 e. The van der Waals surface area contributed by atoms with Gasteiger partial charge in [-0.15, -0.1) is 0 Å². The van der Waals surface area contributed by atoms with Crippen molar-refractivity contribution in [1.29, 1.82) is 0 Å². The number of hydrogen-bond donors (Lipinski definition) is 2. The first kappa shape index (κ1) is 19.8. The minimum atomic E-state index is -4.11. The second-order valence-electron chi connectivity index (χ2n) is 5.19. The van der Waals surface area contributed by atoms with Crippen molar-refractivity contribution in [3.63, 3.8) is 0 Å². The number of halogens is 1. The third kappa shape index (κ3) is 5.00. The number of nitrogens with zero attached hydrogens (tertiary/aromatic N) is 1. The highest BCUT2D eigenvalue weighted by molar-refractivity contribution is 9.10. The van der Waals surface area contributed by atoms with Gasteiger partial charge in [-0.2, -0.15) is 0 Å². The van der Waals surface area contributed by atoms with E-state index >= 15 is 0 Å². The maximum absolute atomic E-state index is 12.2. The molecule has 0 heterocycles. The fourth-order valence-electron chi connectivity index (χ4n) is 1.94. The van der Waals surface area contributed by atoms with E-state index in [0.717, 1.165) is 22.7 Å². The summed E-state index contributed by atoms with van der Waals surface area (Å²) in [5.41, 5.74) is -0.0902. The van der Waals surface area contributed by atoms with Gasteiger partial charge in [0.05, 0.1) is 9.82 Å². The van der Waals surface area contributed by atoms with Gasteiger partial charge < -0.3 is 10.1 Å². The Morgan fingerprint density at radius 3 is 2.42 bits per heavy atom. The number of rotatable bonds is 6. The van der Waals surface area contributed by atoms with E-state index in [1.807, 2.05) is 0 Å². The Labute approximate surface area is 157 Å². The largest absolute Gasteiger partial charge is 0.474 e. The molecule has 9 nitrogen and oxygen atoms in total. The Balaban J connectivity index is 2.19. The zero-order valence-electron chi connectivity index (χ0n) is 13.4. The van der Waals surface area contributed by atoms with Crippen LogP contribution in [0.2, 0.25) is 0 Å². The third-order valence-corrected chi connectivity index (χ3v) is 4.68. The van der Waals surface area contributed by atoms with Crippen LogP contribution in [0.3, 0.4) is 0 Å². The Hall–Kier alpha value is -2.50. The van der Waals surface area contributed by atoms with Crippen molar-refractivity contribution in [2.75, 3.05) is 5.32 Å². The summed E-state index contributed by atoms with van der Waals surface area (Å²) in [6, 6.07) is 9.73. The van der Waals surface area contributed by atoms with Crippen LogP contribution in [0.1, 0.15) is 6.92 Å². The molecule has 0 radical (unpaired) electrons. The van der Waals surface area contributed by atoms with Gasteiger partial charge in [0.25, 0.3) is 5.91 Å². The average molecular weight is 444 g/mol. The predicted octanol–water partition coefficient (Wildman–Crippen LogP) is 2.41. The molecule has 0 fully saturated rings. The van der Waals surface area contributed by atoms with Gasteiger partial charge >= 0.3 is 5.69 Å². The van der Waals surface area contributed by atoms with Crippen molar-refractivity contribution in [2.24, 2.45) is 5.14 Å². The lowest BCUT2D eigenvalue weighted by Gasteiger charge is -2.15. The van der Waals surface area contributed by atoms with Crippen molar-refractivity contribution >= 4 is 43.2 Å². The summed E-state index contributed by atoms with van der Waals surface area (Å²) in [5.74, 6) is -0.780. The topological polar surface area (TPSA) is 142 Å². The van der Waals surface area contributed by atoms with Gasteiger partial charge in [0, 0.05) is 16.2 Å². The molecule has 0 aromatic heterocycles. The van der Waals surface area contributed by atoms with Crippen molar-refractivity contribution in [3.05, 3.63) is 57.1 Å². The molecule has 0 saturated carbocycles. The molecule has 0 spiro atoms. The molecule has 138 valence electrons. The number of benzene rings is 2. The van der Waals surface area contributed by atoms with Crippen LogP contribution in [0.5, 0.6) is 5.75 Å². The molecule has 26 heavy (non-hydrogen) atoms. The molecular weight excluding hydrogens is 430 g/mol. The van der Waals surface area contributed by atoms with Crippen LogP contribution < -0.4 is 15.2 Å². The number of nitrogens with one attached hydrogen (secondary N) is 1. The summed E-state index contributed by atoms with van der Waals surface area (Å²) in [6.45, 7) is 1.41. The quantitative estimate of drug-likeness (QED) is 0.518. The first-order chi connectivity index (χ1) is 12.1. The van der Waals surface area contributed by atoms with E-state index in [1.54, 1.807) is 24.3 Å². The number of carbonyl (C=O) groups excluding carboxylic acids is 1. The van der Waals surface area contributed by atoms with Crippen molar-refractivity contribution in [1.82, 2.24) is 0 Å². The highest BCUT2D eigenvalue weighted by Crippen LogP contribution is 2.30. The highest BCUT2D eigenvalue weighted by atomic mass is 79.9. The lowest BCUT2D eigenvalue weighted by molar-refractivity contribution is -0.386. The van der Waals surface area contributed by atoms with E-state index < -0.39 is 37.5 Å². The number of hydrogen-bond acceptors (Lipinski definition) is 6. The zero-order chi connectivity index (χ0) is 19.5. The Morgan fingerprint density at radius 1 is 1.27 bits per heavy atom. The SMILES string of the molecule is C[C@H](Oc1ccc(S(N)(=O)=O)cc1[N+](=O)[O-])C(=O)Nc1ccc(Br)cc1. The third-order valence-electron chi connectivity index (χ3n) is 3.24. The molecular formula is C15H14BrN3O6S. The number of carbonyl (C=O) groups is 1. The fourth-order valence-corrected chi connectivity index (χ4v) is 2.74. The molecule has 0 aliphatic heterocycles. The zero-order valence-corrected chi connectivity index (χ0v) is 15.8. The lowest BCUT2D eigenvalue weighted by Crippen LogP contribution is -2.30. The first-order valence-electron chi connectivity index (χ1n) is 7.12. The summed E-state index contributed by atoms with van der Waals surface area (Å²) in [4.78, 5) is 22.1. The Bertz CT molecular complexity index is 946. The Morgan fingerprint density at radius 2 is 1.88 bits per heavy atom. The van der Waals surface area contributed by atoms with Gasteiger partial charge in [0.15, 0.2) is 11.9 Å². The number of anilines is 1. The normalized spacial score (nSPS) is 12.3. The number of nitro benzene ring substituents is 1. The second-order valence-corrected chi connectivity index (χ2v) is 7.66. The van der Waals surface area contributed by atoms with Crippen LogP contribution >= 0.6 is 15.9 Å². The summed E-state index contributed by atoms with van der Waals surface area (Å²) in [5, 5.41) is 18.7. The second kappa shape index (κ2) is 7.81. The summed E-state index contributed by atoms with van der Waals surface area (Å²) in [7, 11) is -4.11. The van der Waals surface area contributed by atoms with Gasteiger partial charge in [-0.3, -0.25) is 14.9 Å². The van der Waals surface area contributed by atoms with Gasteiger partial charge in [-0.1, -0.05) is 15.9 Å². The van der Waals surface area contributed by atoms with Crippen LogP contribution in [0, 0.1) is 10.1 Å². The fraction of sp³-hybridized carbons (Fsp3) is 0.133. The molecule has 0 aliphatic carbocycles. The lowest BCUT2D eigenvalue weighted by atomic mass is 10.2. The molecule has 0 unspecified atom stereocenters. The van der Waals surface area contributed by atoms with E-state index in [0.29, 0.717) is 5.69 Å². The van der Waals surface area contributed by atoms with Gasteiger partial charge in [-0.25, -0.2) is 13.6 Å². The summed E-state index contributed by atoms with van der Waals surface area (Å²) in [6.07, 6.45) is -1.07. The standard InChI is InChI=1S/C15H14BrN3O6S/c1-9(15(20)18-11-4-2-10(16)3-5-11)25-14-7-6-12(26(17,23)24)8-13(14)19(21)22/h2-9H,1H3,(H,18,20)(H2,17,23,24)/t9-/m0/s1. The molecule has 2 rings (SSSR count). The highest BCUT2D eigenvalue weighted by Gasteiger charge is 2.24. The molecule has 3 N–H and O–H groups in total. The maximum atomic E-state index is 12.2. The average Bonchev–Trinajstić information content (AvgIpc) is 2.56. The van der Waals surface area contributed by atoms with E-state index in [-0.39, 0.29) is 5.75 Å². The van der Waals surface area contributed by atoms with Crippen LogP contribution in [0.25, 0.3) is 0 Å². The smallest absolute Gasteiger partial charge is 0.312 e. The summed E-state index contributed by atoms with van der Waals surface area (Å²) >= 11 is 3.27. The Kier molecular flexibility index (Phi) is 5.95. The number of ether oxygens (including phenoxy) is 1. The number of sulfonamides is 1. The van der Waals surface area contributed by atoms with Gasteiger partial charge in [-0.05, 0) is 43.3 Å². The van der Waals surface area contributed by atoms with E-state index in [9.17, 15) is 23.3 Å². The van der Waals surface area contributed by atoms with E-state index in [2.05, 4.69) is 21.2 Å². The molecule has 0 bridgehead atoms. The molecule has 1 amide bonds.